The lowest BCUT2D eigenvalue weighted by Gasteiger charge is -2.10. The number of nitrogen functional groups attached to an aromatic ring is 1. The minimum absolute atomic E-state index is 0.0201. The number of pyridine rings is 1. The van der Waals surface area contributed by atoms with Crippen LogP contribution in [0.5, 0.6) is 5.75 Å². The second-order valence-electron chi connectivity index (χ2n) is 5.35. The first-order chi connectivity index (χ1) is 11.2. The van der Waals surface area contributed by atoms with Crippen LogP contribution in [0.15, 0.2) is 42.7 Å². The van der Waals surface area contributed by atoms with Crippen LogP contribution in [0.3, 0.4) is 0 Å². The number of amides is 1. The molecule has 5 heteroatoms. The Kier molecular flexibility index (Phi) is 6.41. The van der Waals surface area contributed by atoms with Crippen LogP contribution in [0.1, 0.15) is 30.9 Å². The molecule has 1 amide bonds. The molecule has 5 nitrogen and oxygen atoms in total. The van der Waals surface area contributed by atoms with Crippen molar-refractivity contribution in [2.75, 3.05) is 12.3 Å². The van der Waals surface area contributed by atoms with Gasteiger partial charge >= 0.3 is 0 Å². The molecule has 0 atom stereocenters. The van der Waals surface area contributed by atoms with Gasteiger partial charge in [0.1, 0.15) is 5.75 Å². The Morgan fingerprint density at radius 1 is 1.22 bits per heavy atom. The number of hydrogen-bond donors (Lipinski definition) is 2. The average molecular weight is 313 g/mol. The smallest absolute Gasteiger partial charge is 0.220 e. The molecule has 0 unspecified atom stereocenters. The van der Waals surface area contributed by atoms with Gasteiger partial charge in [0.05, 0.1) is 12.3 Å². The Balaban J connectivity index is 1.78. The summed E-state index contributed by atoms with van der Waals surface area (Å²) >= 11 is 0. The van der Waals surface area contributed by atoms with Crippen LogP contribution in [0.4, 0.5) is 5.69 Å². The molecule has 1 heterocycles. The van der Waals surface area contributed by atoms with Crippen molar-refractivity contribution in [3.8, 4) is 5.75 Å². The van der Waals surface area contributed by atoms with Crippen LogP contribution in [0.2, 0.25) is 0 Å². The number of rotatable bonds is 8. The van der Waals surface area contributed by atoms with E-state index in [1.807, 2.05) is 30.3 Å². The Bertz CT molecular complexity index is 629. The maximum absolute atomic E-state index is 11.9. The van der Waals surface area contributed by atoms with Gasteiger partial charge in [0.15, 0.2) is 0 Å². The molecule has 0 spiro atoms. The topological polar surface area (TPSA) is 77.2 Å². The van der Waals surface area contributed by atoms with Gasteiger partial charge in [-0.05, 0) is 48.2 Å². The SMILES string of the molecule is CCCOc1ccc(CCC(=O)NCc2ccncc2)cc1N. The highest BCUT2D eigenvalue weighted by molar-refractivity contribution is 5.76. The van der Waals surface area contributed by atoms with Crippen molar-refractivity contribution < 1.29 is 9.53 Å². The number of benzene rings is 1. The number of aromatic nitrogens is 1. The molecule has 122 valence electrons. The number of carbonyl (C=O) groups is 1. The van der Waals surface area contributed by atoms with Gasteiger partial charge in [-0.15, -0.1) is 0 Å². The first-order valence-corrected chi connectivity index (χ1v) is 7.86. The third-order valence-electron chi connectivity index (χ3n) is 3.42. The van der Waals surface area contributed by atoms with Crippen LogP contribution in [-0.2, 0) is 17.8 Å². The van der Waals surface area contributed by atoms with Crippen molar-refractivity contribution in [3.63, 3.8) is 0 Å². The molecule has 2 rings (SSSR count). The molecule has 1 aromatic heterocycles. The van der Waals surface area contributed by atoms with Crippen LogP contribution < -0.4 is 15.8 Å². The fraction of sp³-hybridized carbons (Fsp3) is 0.333. The summed E-state index contributed by atoms with van der Waals surface area (Å²) in [6.07, 6.45) is 5.46. The number of nitrogens with one attached hydrogen (secondary N) is 1. The lowest BCUT2D eigenvalue weighted by atomic mass is 10.1. The molecule has 23 heavy (non-hydrogen) atoms. The summed E-state index contributed by atoms with van der Waals surface area (Å²) in [5.41, 5.74) is 8.66. The molecule has 3 N–H and O–H groups in total. The molecule has 1 aromatic carbocycles. The number of nitrogens with two attached hydrogens (primary N) is 1. The minimum Gasteiger partial charge on any atom is -0.491 e. The number of nitrogens with zero attached hydrogens (tertiary/aromatic N) is 1. The van der Waals surface area contributed by atoms with Crippen LogP contribution in [0, 0.1) is 0 Å². The van der Waals surface area contributed by atoms with Crippen molar-refractivity contribution in [3.05, 3.63) is 53.9 Å². The van der Waals surface area contributed by atoms with Gasteiger partial charge in [0.25, 0.3) is 0 Å². The summed E-state index contributed by atoms with van der Waals surface area (Å²) in [5, 5.41) is 2.90. The van der Waals surface area contributed by atoms with Gasteiger partial charge in [-0.2, -0.15) is 0 Å². The third-order valence-corrected chi connectivity index (χ3v) is 3.42. The second-order valence-corrected chi connectivity index (χ2v) is 5.35. The summed E-state index contributed by atoms with van der Waals surface area (Å²) in [7, 11) is 0. The zero-order chi connectivity index (χ0) is 16.5. The first kappa shape index (κ1) is 16.8. The lowest BCUT2D eigenvalue weighted by molar-refractivity contribution is -0.121. The summed E-state index contributed by atoms with van der Waals surface area (Å²) in [6, 6.07) is 9.47. The number of ether oxygens (including phenoxy) is 1. The summed E-state index contributed by atoms with van der Waals surface area (Å²) in [5.74, 6) is 0.726. The Hall–Kier alpha value is -2.56. The van der Waals surface area contributed by atoms with Gasteiger partial charge in [-0.25, -0.2) is 0 Å². The molecule has 0 bridgehead atoms. The molecule has 0 radical (unpaired) electrons. The van der Waals surface area contributed by atoms with Crippen LogP contribution in [-0.4, -0.2) is 17.5 Å². The number of aryl methyl sites for hydroxylation is 1. The normalized spacial score (nSPS) is 10.3. The van der Waals surface area contributed by atoms with E-state index in [1.165, 1.54) is 0 Å². The molecule has 0 aliphatic carbocycles. The van der Waals surface area contributed by atoms with Crippen LogP contribution in [0.25, 0.3) is 0 Å². The van der Waals surface area contributed by atoms with Crippen molar-refractivity contribution >= 4 is 11.6 Å². The minimum atomic E-state index is 0.0201. The predicted octanol–water partition coefficient (Wildman–Crippen LogP) is 2.70. The number of carbonyl (C=O) groups excluding carboxylic acids is 1. The van der Waals surface area contributed by atoms with Gasteiger partial charge in [-0.3, -0.25) is 9.78 Å². The van der Waals surface area contributed by atoms with Gasteiger partial charge < -0.3 is 15.8 Å². The van der Waals surface area contributed by atoms with Gasteiger partial charge in [0.2, 0.25) is 5.91 Å². The molecule has 0 fully saturated rings. The van der Waals surface area contributed by atoms with Crippen LogP contribution >= 0.6 is 0 Å². The summed E-state index contributed by atoms with van der Waals surface area (Å²) in [4.78, 5) is 15.8. The van der Waals surface area contributed by atoms with E-state index in [1.54, 1.807) is 12.4 Å². The van der Waals surface area contributed by atoms with Crippen molar-refractivity contribution in [2.45, 2.75) is 32.7 Å². The largest absolute Gasteiger partial charge is 0.491 e. The quantitative estimate of drug-likeness (QED) is 0.735. The maximum Gasteiger partial charge on any atom is 0.220 e. The predicted molar refractivity (Wildman–Crippen MR) is 91.0 cm³/mol. The summed E-state index contributed by atoms with van der Waals surface area (Å²) < 4.78 is 5.54. The fourth-order valence-corrected chi connectivity index (χ4v) is 2.14. The Labute approximate surface area is 136 Å². The molecule has 0 saturated heterocycles. The standard InChI is InChI=1S/C18H23N3O2/c1-2-11-23-17-5-3-14(12-16(17)19)4-6-18(22)21-13-15-7-9-20-10-8-15/h3,5,7-10,12H,2,4,6,11,13,19H2,1H3,(H,21,22). The lowest BCUT2D eigenvalue weighted by Crippen LogP contribution is -2.23. The van der Waals surface area contributed by atoms with E-state index in [2.05, 4.69) is 17.2 Å². The number of hydrogen-bond acceptors (Lipinski definition) is 4. The monoisotopic (exact) mass is 313 g/mol. The molecular weight excluding hydrogens is 290 g/mol. The first-order valence-electron chi connectivity index (χ1n) is 7.86. The third kappa shape index (κ3) is 5.62. The maximum atomic E-state index is 11.9. The highest BCUT2D eigenvalue weighted by atomic mass is 16.5. The second kappa shape index (κ2) is 8.78. The Morgan fingerprint density at radius 2 is 2.00 bits per heavy atom. The van der Waals surface area contributed by atoms with E-state index in [-0.39, 0.29) is 5.91 Å². The fourth-order valence-electron chi connectivity index (χ4n) is 2.14. The van der Waals surface area contributed by atoms with Crippen molar-refractivity contribution in [1.29, 1.82) is 0 Å². The van der Waals surface area contributed by atoms with E-state index >= 15 is 0 Å². The molecule has 0 saturated carbocycles. The van der Waals surface area contributed by atoms with Crippen molar-refractivity contribution in [1.82, 2.24) is 10.3 Å². The van der Waals surface area contributed by atoms with Crippen molar-refractivity contribution in [2.24, 2.45) is 0 Å². The molecule has 0 aliphatic heterocycles. The highest BCUT2D eigenvalue weighted by Gasteiger charge is 2.05. The number of anilines is 1. The highest BCUT2D eigenvalue weighted by Crippen LogP contribution is 2.23. The average Bonchev–Trinajstić information content (AvgIpc) is 2.58. The summed E-state index contributed by atoms with van der Waals surface area (Å²) in [6.45, 7) is 3.23. The Morgan fingerprint density at radius 3 is 2.70 bits per heavy atom. The van der Waals surface area contributed by atoms with Gasteiger partial charge in [0, 0.05) is 25.4 Å². The zero-order valence-corrected chi connectivity index (χ0v) is 13.4. The van der Waals surface area contributed by atoms with E-state index in [0.717, 1.165) is 17.5 Å². The molecule has 0 aliphatic rings. The van der Waals surface area contributed by atoms with E-state index in [9.17, 15) is 4.79 Å². The van der Waals surface area contributed by atoms with Gasteiger partial charge in [-0.1, -0.05) is 13.0 Å². The van der Waals surface area contributed by atoms with E-state index in [4.69, 9.17) is 10.5 Å². The zero-order valence-electron chi connectivity index (χ0n) is 13.4. The molecule has 2 aromatic rings. The van der Waals surface area contributed by atoms with E-state index < -0.39 is 0 Å². The van der Waals surface area contributed by atoms with E-state index in [0.29, 0.717) is 37.4 Å². The molecular formula is C18H23N3O2.